The van der Waals surface area contributed by atoms with E-state index in [9.17, 15) is 0 Å². The maximum atomic E-state index is 7.67. The second kappa shape index (κ2) is 6.81. The number of nitrogens with one attached hydrogen (secondary N) is 1. The Bertz CT molecular complexity index is 705. The first-order valence-electron chi connectivity index (χ1n) is 5.77. The average Bonchev–Trinajstić information content (AvgIpc) is 2.42. The number of hydrogen-bond donors (Lipinski definition) is 2. The number of benzene rings is 2. The normalized spacial score (nSPS) is 10.3. The largest absolute Gasteiger partial charge is 0.496 e. The Balaban J connectivity index is 2.46. The monoisotopic (exact) mass is 476 g/mol. The van der Waals surface area contributed by atoms with Gasteiger partial charge in [-0.15, -0.1) is 0 Å². The fraction of sp³-hybridized carbons (Fsp3) is 0.0714. The van der Waals surface area contributed by atoms with Crippen LogP contribution in [0.5, 0.6) is 17.2 Å². The molecule has 0 heterocycles. The number of amidine groups is 1. The van der Waals surface area contributed by atoms with E-state index in [4.69, 9.17) is 20.6 Å². The number of ether oxygens (including phenoxy) is 2. The maximum Gasteiger partial charge on any atom is 0.143 e. The van der Waals surface area contributed by atoms with Gasteiger partial charge in [0.25, 0.3) is 0 Å². The molecule has 0 saturated carbocycles. The van der Waals surface area contributed by atoms with Crippen molar-refractivity contribution in [2.24, 2.45) is 5.73 Å². The Morgan fingerprint density at radius 2 is 1.62 bits per heavy atom. The summed E-state index contributed by atoms with van der Waals surface area (Å²) in [5, 5.41) is 7.67. The highest BCUT2D eigenvalue weighted by atomic mass is 79.9. The van der Waals surface area contributed by atoms with Crippen molar-refractivity contribution in [2.75, 3.05) is 7.11 Å². The highest BCUT2D eigenvalue weighted by Crippen LogP contribution is 2.39. The van der Waals surface area contributed by atoms with E-state index in [1.165, 1.54) is 0 Å². The summed E-state index contributed by atoms with van der Waals surface area (Å²) >= 11 is 10.2. The topological polar surface area (TPSA) is 68.3 Å². The quantitative estimate of drug-likeness (QED) is 0.477. The van der Waals surface area contributed by atoms with Crippen molar-refractivity contribution >= 4 is 53.6 Å². The lowest BCUT2D eigenvalue weighted by Crippen LogP contribution is -2.13. The third-order valence-electron chi connectivity index (χ3n) is 2.67. The summed E-state index contributed by atoms with van der Waals surface area (Å²) in [6, 6.07) is 8.96. The lowest BCUT2D eigenvalue weighted by molar-refractivity contribution is 0.409. The van der Waals surface area contributed by atoms with Gasteiger partial charge >= 0.3 is 0 Å². The molecule has 0 saturated heterocycles. The molecule has 0 bridgehead atoms. The van der Waals surface area contributed by atoms with Crippen LogP contribution in [0, 0.1) is 5.41 Å². The van der Waals surface area contributed by atoms with Crippen molar-refractivity contribution in [2.45, 2.75) is 0 Å². The van der Waals surface area contributed by atoms with Crippen LogP contribution in [0.3, 0.4) is 0 Å². The zero-order valence-electron chi connectivity index (χ0n) is 10.9. The fourth-order valence-corrected chi connectivity index (χ4v) is 3.16. The number of hydrogen-bond acceptors (Lipinski definition) is 3. The molecule has 4 nitrogen and oxygen atoms in total. The van der Waals surface area contributed by atoms with Crippen LogP contribution in [0.2, 0.25) is 0 Å². The molecule has 0 spiro atoms. The molecular weight excluding hydrogens is 468 g/mol. The van der Waals surface area contributed by atoms with Crippen LogP contribution in [-0.4, -0.2) is 12.9 Å². The van der Waals surface area contributed by atoms with Crippen molar-refractivity contribution < 1.29 is 9.47 Å². The number of halogens is 3. The van der Waals surface area contributed by atoms with E-state index in [0.717, 1.165) is 8.95 Å². The molecule has 0 aliphatic heterocycles. The van der Waals surface area contributed by atoms with Crippen molar-refractivity contribution in [1.29, 1.82) is 5.41 Å². The maximum absolute atomic E-state index is 7.67. The standard InChI is InChI=1S/C14H11Br3N2O2/c1-20-11-5-9(17)12(6-8(11)16)21-10-4-2-3-7(15)13(10)14(18)19/h2-6H,1H3,(H3,18,19). The molecule has 0 atom stereocenters. The molecule has 7 heteroatoms. The molecule has 3 N–H and O–H groups in total. The Labute approximate surface area is 147 Å². The molecule has 0 aliphatic rings. The smallest absolute Gasteiger partial charge is 0.143 e. The molecule has 0 unspecified atom stereocenters. The summed E-state index contributed by atoms with van der Waals surface area (Å²) < 4.78 is 13.3. The van der Waals surface area contributed by atoms with Gasteiger partial charge in [0.1, 0.15) is 23.1 Å². The number of methoxy groups -OCH3 is 1. The van der Waals surface area contributed by atoms with Crippen LogP contribution in [0.25, 0.3) is 0 Å². The van der Waals surface area contributed by atoms with E-state index in [0.29, 0.717) is 27.3 Å². The number of nitrogens with two attached hydrogens (primary N) is 1. The second-order valence-electron chi connectivity index (χ2n) is 4.05. The molecule has 21 heavy (non-hydrogen) atoms. The van der Waals surface area contributed by atoms with E-state index < -0.39 is 0 Å². The first kappa shape index (κ1) is 16.3. The van der Waals surface area contributed by atoms with Crippen LogP contribution in [0.15, 0.2) is 43.7 Å². The van der Waals surface area contributed by atoms with Gasteiger partial charge in [0, 0.05) is 4.47 Å². The fourth-order valence-electron chi connectivity index (χ4n) is 1.71. The van der Waals surface area contributed by atoms with E-state index in [2.05, 4.69) is 47.8 Å². The van der Waals surface area contributed by atoms with Crippen LogP contribution in [0.1, 0.15) is 5.56 Å². The Morgan fingerprint density at radius 3 is 2.24 bits per heavy atom. The van der Waals surface area contributed by atoms with Gasteiger partial charge in [-0.25, -0.2) is 0 Å². The average molecular weight is 479 g/mol. The molecule has 110 valence electrons. The van der Waals surface area contributed by atoms with E-state index in [-0.39, 0.29) is 5.84 Å². The zero-order chi connectivity index (χ0) is 15.6. The molecule has 2 rings (SSSR count). The predicted octanol–water partition coefficient (Wildman–Crippen LogP) is 5.06. The van der Waals surface area contributed by atoms with Gasteiger partial charge in [0.15, 0.2) is 0 Å². The Kier molecular flexibility index (Phi) is 5.29. The summed E-state index contributed by atoms with van der Waals surface area (Å²) in [5.74, 6) is 1.70. The lowest BCUT2D eigenvalue weighted by atomic mass is 10.2. The minimum Gasteiger partial charge on any atom is -0.496 e. The zero-order valence-corrected chi connectivity index (χ0v) is 15.7. The van der Waals surface area contributed by atoms with Gasteiger partial charge in [-0.1, -0.05) is 6.07 Å². The molecular formula is C14H11Br3N2O2. The Morgan fingerprint density at radius 1 is 1.00 bits per heavy atom. The molecule has 2 aromatic carbocycles. The lowest BCUT2D eigenvalue weighted by Gasteiger charge is -2.14. The second-order valence-corrected chi connectivity index (χ2v) is 6.61. The van der Waals surface area contributed by atoms with Crippen LogP contribution in [-0.2, 0) is 0 Å². The first-order valence-corrected chi connectivity index (χ1v) is 8.15. The van der Waals surface area contributed by atoms with Gasteiger partial charge in [0.05, 0.1) is 21.6 Å². The van der Waals surface area contributed by atoms with E-state index >= 15 is 0 Å². The third kappa shape index (κ3) is 3.59. The van der Waals surface area contributed by atoms with Gasteiger partial charge < -0.3 is 15.2 Å². The SMILES string of the molecule is COc1cc(Br)c(Oc2cccc(Br)c2C(=N)N)cc1Br. The number of rotatable bonds is 4. The van der Waals surface area contributed by atoms with Crippen molar-refractivity contribution in [3.63, 3.8) is 0 Å². The molecule has 2 aromatic rings. The summed E-state index contributed by atoms with van der Waals surface area (Å²) in [4.78, 5) is 0. The van der Waals surface area contributed by atoms with Crippen LogP contribution >= 0.6 is 47.8 Å². The van der Waals surface area contributed by atoms with Crippen LogP contribution in [0.4, 0.5) is 0 Å². The molecule has 0 fully saturated rings. The Hall–Kier alpha value is -1.05. The van der Waals surface area contributed by atoms with Gasteiger partial charge in [-0.2, -0.15) is 0 Å². The van der Waals surface area contributed by atoms with Crippen LogP contribution < -0.4 is 15.2 Å². The van der Waals surface area contributed by atoms with Crippen molar-refractivity contribution in [3.8, 4) is 17.2 Å². The summed E-state index contributed by atoms with van der Waals surface area (Å²) in [6.07, 6.45) is 0. The highest BCUT2D eigenvalue weighted by molar-refractivity contribution is 9.11. The number of nitrogen functional groups attached to an aromatic ring is 1. The van der Waals surface area contributed by atoms with Gasteiger partial charge in [-0.05, 0) is 72.1 Å². The predicted molar refractivity (Wildman–Crippen MR) is 93.6 cm³/mol. The minimum atomic E-state index is -0.0684. The third-order valence-corrected chi connectivity index (χ3v) is 4.57. The molecule has 0 aromatic heterocycles. The van der Waals surface area contributed by atoms with E-state index in [1.54, 1.807) is 25.3 Å². The van der Waals surface area contributed by atoms with Gasteiger partial charge in [0.2, 0.25) is 0 Å². The summed E-state index contributed by atoms with van der Waals surface area (Å²) in [5.41, 5.74) is 6.13. The summed E-state index contributed by atoms with van der Waals surface area (Å²) in [6.45, 7) is 0. The van der Waals surface area contributed by atoms with E-state index in [1.807, 2.05) is 12.1 Å². The minimum absolute atomic E-state index is 0.0684. The highest BCUT2D eigenvalue weighted by Gasteiger charge is 2.14. The first-order chi connectivity index (χ1) is 9.93. The van der Waals surface area contributed by atoms with Crippen molar-refractivity contribution in [3.05, 3.63) is 49.3 Å². The van der Waals surface area contributed by atoms with Gasteiger partial charge in [-0.3, -0.25) is 5.41 Å². The van der Waals surface area contributed by atoms with Crippen molar-refractivity contribution in [1.82, 2.24) is 0 Å². The molecule has 0 radical (unpaired) electrons. The summed E-state index contributed by atoms with van der Waals surface area (Å²) in [7, 11) is 1.59. The molecule has 0 aliphatic carbocycles. The molecule has 0 amide bonds.